The molecule has 0 aliphatic heterocycles. The lowest BCUT2D eigenvalue weighted by molar-refractivity contribution is 0.285. The summed E-state index contributed by atoms with van der Waals surface area (Å²) in [6, 6.07) is 0. The molecule has 0 radical (unpaired) electrons. The molecule has 18 heavy (non-hydrogen) atoms. The number of rotatable bonds is 6. The maximum Gasteiger partial charge on any atom is 0.127 e. The SMILES string of the molecule is COC1=CC=C(OC)C(C(=N)CCN(C)C)=CC1. The molecule has 0 atom stereocenters. The van der Waals surface area contributed by atoms with Crippen LogP contribution in [0.1, 0.15) is 12.8 Å². The van der Waals surface area contributed by atoms with Gasteiger partial charge in [0.15, 0.2) is 0 Å². The highest BCUT2D eigenvalue weighted by molar-refractivity contribution is 6.01. The van der Waals surface area contributed by atoms with Crippen LogP contribution < -0.4 is 0 Å². The fourth-order valence-corrected chi connectivity index (χ4v) is 1.70. The largest absolute Gasteiger partial charge is 0.501 e. The summed E-state index contributed by atoms with van der Waals surface area (Å²) in [7, 11) is 7.30. The second-order valence-electron chi connectivity index (χ2n) is 4.43. The molecular weight excluding hydrogens is 228 g/mol. The summed E-state index contributed by atoms with van der Waals surface area (Å²) in [5.41, 5.74) is 1.46. The van der Waals surface area contributed by atoms with Gasteiger partial charge >= 0.3 is 0 Å². The van der Waals surface area contributed by atoms with Crippen LogP contribution >= 0.6 is 0 Å². The zero-order valence-corrected chi connectivity index (χ0v) is 11.6. The van der Waals surface area contributed by atoms with Crippen molar-refractivity contribution in [2.75, 3.05) is 34.9 Å². The van der Waals surface area contributed by atoms with Gasteiger partial charge in [-0.3, -0.25) is 0 Å². The maximum atomic E-state index is 8.15. The molecule has 0 heterocycles. The van der Waals surface area contributed by atoms with E-state index in [1.54, 1.807) is 14.2 Å². The summed E-state index contributed by atoms with van der Waals surface area (Å²) < 4.78 is 10.6. The van der Waals surface area contributed by atoms with Gasteiger partial charge in [0.25, 0.3) is 0 Å². The summed E-state index contributed by atoms with van der Waals surface area (Å²) in [5, 5.41) is 8.15. The molecule has 0 saturated heterocycles. The second kappa shape index (κ2) is 7.01. The fourth-order valence-electron chi connectivity index (χ4n) is 1.70. The molecule has 0 aromatic carbocycles. The Morgan fingerprint density at radius 3 is 2.56 bits per heavy atom. The summed E-state index contributed by atoms with van der Waals surface area (Å²) >= 11 is 0. The molecule has 0 unspecified atom stereocenters. The van der Waals surface area contributed by atoms with Gasteiger partial charge in [-0.2, -0.15) is 0 Å². The third kappa shape index (κ3) is 4.04. The highest BCUT2D eigenvalue weighted by Gasteiger charge is 2.14. The van der Waals surface area contributed by atoms with Crippen molar-refractivity contribution in [2.24, 2.45) is 0 Å². The molecular formula is C14H22N2O2. The monoisotopic (exact) mass is 250 g/mol. The molecule has 0 aromatic heterocycles. The number of methoxy groups -OCH3 is 2. The number of ether oxygens (including phenoxy) is 2. The molecule has 0 amide bonds. The Morgan fingerprint density at radius 1 is 1.28 bits per heavy atom. The van der Waals surface area contributed by atoms with E-state index in [1.807, 2.05) is 32.3 Å². The van der Waals surface area contributed by atoms with E-state index >= 15 is 0 Å². The van der Waals surface area contributed by atoms with Crippen LogP contribution in [0.25, 0.3) is 0 Å². The van der Waals surface area contributed by atoms with Crippen molar-refractivity contribution in [3.63, 3.8) is 0 Å². The van der Waals surface area contributed by atoms with Crippen molar-refractivity contribution in [3.8, 4) is 0 Å². The van der Waals surface area contributed by atoms with Gasteiger partial charge in [0.2, 0.25) is 0 Å². The first kappa shape index (κ1) is 14.5. The van der Waals surface area contributed by atoms with E-state index < -0.39 is 0 Å². The van der Waals surface area contributed by atoms with Gasteiger partial charge in [0, 0.05) is 30.7 Å². The average Bonchev–Trinajstić information content (AvgIpc) is 2.57. The van der Waals surface area contributed by atoms with Crippen molar-refractivity contribution in [1.82, 2.24) is 4.90 Å². The molecule has 0 saturated carbocycles. The molecule has 1 aliphatic carbocycles. The van der Waals surface area contributed by atoms with Crippen molar-refractivity contribution < 1.29 is 9.47 Å². The first-order chi connectivity index (χ1) is 8.58. The van der Waals surface area contributed by atoms with Gasteiger partial charge in [-0.05, 0) is 26.2 Å². The van der Waals surface area contributed by atoms with Gasteiger partial charge in [-0.1, -0.05) is 6.08 Å². The van der Waals surface area contributed by atoms with Gasteiger partial charge in [0.05, 0.1) is 20.0 Å². The van der Waals surface area contributed by atoms with Crippen LogP contribution in [-0.4, -0.2) is 45.5 Å². The molecule has 0 fully saturated rings. The van der Waals surface area contributed by atoms with Crippen LogP contribution in [0.4, 0.5) is 0 Å². The number of hydrogen-bond acceptors (Lipinski definition) is 4. The molecule has 1 rings (SSSR count). The highest BCUT2D eigenvalue weighted by atomic mass is 16.5. The molecule has 4 heteroatoms. The Balaban J connectivity index is 2.80. The lowest BCUT2D eigenvalue weighted by Gasteiger charge is -2.14. The quantitative estimate of drug-likeness (QED) is 0.736. The smallest absolute Gasteiger partial charge is 0.127 e. The lowest BCUT2D eigenvalue weighted by atomic mass is 10.0. The number of nitrogens with one attached hydrogen (secondary N) is 1. The zero-order valence-electron chi connectivity index (χ0n) is 11.6. The van der Waals surface area contributed by atoms with E-state index in [2.05, 4.69) is 4.90 Å². The Hall–Kier alpha value is -1.55. The molecule has 100 valence electrons. The minimum Gasteiger partial charge on any atom is -0.501 e. The summed E-state index contributed by atoms with van der Waals surface area (Å²) in [6.07, 6.45) is 7.15. The van der Waals surface area contributed by atoms with Gasteiger partial charge in [-0.15, -0.1) is 0 Å². The zero-order chi connectivity index (χ0) is 13.5. The van der Waals surface area contributed by atoms with Crippen LogP contribution in [0.3, 0.4) is 0 Å². The molecule has 1 N–H and O–H groups in total. The first-order valence-corrected chi connectivity index (χ1v) is 6.00. The fraction of sp³-hybridized carbons (Fsp3) is 0.500. The molecule has 0 bridgehead atoms. The standard InChI is InChI=1S/C14H22N2O2/c1-16(2)10-9-13(15)12-7-5-11(17-3)6-8-14(12)18-4/h6-8,15H,5,9-10H2,1-4H3. The predicted molar refractivity (Wildman–Crippen MR) is 73.8 cm³/mol. The average molecular weight is 250 g/mol. The van der Waals surface area contributed by atoms with Crippen LogP contribution in [-0.2, 0) is 9.47 Å². The number of nitrogens with zero attached hydrogens (tertiary/aromatic N) is 1. The van der Waals surface area contributed by atoms with Gasteiger partial charge in [0.1, 0.15) is 5.76 Å². The summed E-state index contributed by atoms with van der Waals surface area (Å²) in [5.74, 6) is 1.60. The number of hydrogen-bond donors (Lipinski definition) is 1. The van der Waals surface area contributed by atoms with E-state index in [-0.39, 0.29) is 0 Å². The predicted octanol–water partition coefficient (Wildman–Crippen LogP) is 2.35. The van der Waals surface area contributed by atoms with E-state index in [0.717, 1.165) is 23.6 Å². The van der Waals surface area contributed by atoms with Gasteiger partial charge < -0.3 is 19.8 Å². The van der Waals surface area contributed by atoms with Crippen molar-refractivity contribution in [1.29, 1.82) is 5.41 Å². The van der Waals surface area contributed by atoms with Crippen LogP contribution in [0.15, 0.2) is 35.3 Å². The Morgan fingerprint density at radius 2 is 2.00 bits per heavy atom. The van der Waals surface area contributed by atoms with Crippen LogP contribution in [0, 0.1) is 5.41 Å². The topological polar surface area (TPSA) is 45.6 Å². The molecule has 0 spiro atoms. The van der Waals surface area contributed by atoms with Crippen LogP contribution in [0.5, 0.6) is 0 Å². The Bertz CT molecular complexity index is 393. The van der Waals surface area contributed by atoms with E-state index in [4.69, 9.17) is 14.9 Å². The normalized spacial score (nSPS) is 15.5. The highest BCUT2D eigenvalue weighted by Crippen LogP contribution is 2.21. The number of allylic oxidation sites excluding steroid dienone is 4. The third-order valence-electron chi connectivity index (χ3n) is 2.81. The lowest BCUT2D eigenvalue weighted by Crippen LogP contribution is -2.18. The van der Waals surface area contributed by atoms with Crippen molar-refractivity contribution in [3.05, 3.63) is 35.3 Å². The minimum absolute atomic E-state index is 0.600. The van der Waals surface area contributed by atoms with E-state index in [9.17, 15) is 0 Å². The Kier molecular flexibility index (Phi) is 5.65. The van der Waals surface area contributed by atoms with E-state index in [0.29, 0.717) is 18.6 Å². The molecule has 1 aliphatic rings. The van der Waals surface area contributed by atoms with Crippen LogP contribution in [0.2, 0.25) is 0 Å². The summed E-state index contributed by atoms with van der Waals surface area (Å²) in [6.45, 7) is 0.859. The maximum absolute atomic E-state index is 8.15. The first-order valence-electron chi connectivity index (χ1n) is 6.00. The van der Waals surface area contributed by atoms with Crippen molar-refractivity contribution >= 4 is 5.71 Å². The summed E-state index contributed by atoms with van der Waals surface area (Å²) in [4.78, 5) is 2.07. The Labute approximate surface area is 109 Å². The van der Waals surface area contributed by atoms with E-state index in [1.165, 1.54) is 0 Å². The minimum atomic E-state index is 0.600. The molecule has 4 nitrogen and oxygen atoms in total. The molecule has 0 aromatic rings. The van der Waals surface area contributed by atoms with Gasteiger partial charge in [-0.25, -0.2) is 0 Å². The third-order valence-corrected chi connectivity index (χ3v) is 2.81. The second-order valence-corrected chi connectivity index (χ2v) is 4.43. The van der Waals surface area contributed by atoms with Crippen molar-refractivity contribution in [2.45, 2.75) is 12.8 Å².